The van der Waals surface area contributed by atoms with Crippen molar-refractivity contribution in [1.29, 1.82) is 0 Å². The number of carbonyl (C=O) groups is 3. The normalized spacial score (nSPS) is 18.2. The van der Waals surface area contributed by atoms with Crippen LogP contribution < -0.4 is 5.32 Å². The lowest BCUT2D eigenvalue weighted by Crippen LogP contribution is -2.56. The topological polar surface area (TPSA) is 95.9 Å². The van der Waals surface area contributed by atoms with Crippen LogP contribution in [0.4, 0.5) is 4.79 Å². The van der Waals surface area contributed by atoms with Gasteiger partial charge in [0.25, 0.3) is 0 Å². The zero-order valence-corrected chi connectivity index (χ0v) is 20.2. The van der Waals surface area contributed by atoms with Crippen molar-refractivity contribution in [3.63, 3.8) is 0 Å². The van der Waals surface area contributed by atoms with Gasteiger partial charge in [-0.1, -0.05) is 62.4 Å². The number of nitrogens with one attached hydrogen (secondary N) is 1. The Morgan fingerprint density at radius 1 is 1.09 bits per heavy atom. The van der Waals surface area contributed by atoms with Crippen molar-refractivity contribution in [2.24, 2.45) is 5.92 Å². The van der Waals surface area contributed by atoms with Crippen LogP contribution >= 0.6 is 11.8 Å². The molecule has 0 spiro atoms. The zero-order chi connectivity index (χ0) is 24.2. The average Bonchev–Trinajstić information content (AvgIpc) is 3.14. The molecule has 1 fully saturated rings. The van der Waals surface area contributed by atoms with Crippen molar-refractivity contribution in [3.8, 4) is 11.1 Å². The van der Waals surface area contributed by atoms with Crippen LogP contribution in [-0.2, 0) is 14.3 Å². The van der Waals surface area contributed by atoms with Crippen LogP contribution in [0, 0.1) is 5.92 Å². The van der Waals surface area contributed by atoms with E-state index in [2.05, 4.69) is 29.6 Å². The van der Waals surface area contributed by atoms with Crippen LogP contribution in [0.15, 0.2) is 48.5 Å². The summed E-state index contributed by atoms with van der Waals surface area (Å²) in [6.07, 6.45) is -0.746. The first-order valence-electron chi connectivity index (χ1n) is 11.6. The van der Waals surface area contributed by atoms with Gasteiger partial charge in [0.05, 0.1) is 12.5 Å². The number of amides is 2. The number of hydrogen-bond donors (Lipinski definition) is 2. The Balaban J connectivity index is 1.43. The first kappa shape index (κ1) is 24.1. The summed E-state index contributed by atoms with van der Waals surface area (Å²) in [5.41, 5.74) is 4.54. The summed E-state index contributed by atoms with van der Waals surface area (Å²) in [7, 11) is 0. The Hall–Kier alpha value is -3.00. The molecule has 1 heterocycles. The van der Waals surface area contributed by atoms with Crippen LogP contribution in [0.25, 0.3) is 11.1 Å². The molecule has 8 heteroatoms. The van der Waals surface area contributed by atoms with Crippen molar-refractivity contribution in [2.45, 2.75) is 38.3 Å². The molecule has 1 aliphatic carbocycles. The second-order valence-corrected chi connectivity index (χ2v) is 10.2. The third-order valence-corrected chi connectivity index (χ3v) is 7.56. The quantitative estimate of drug-likeness (QED) is 0.620. The minimum Gasteiger partial charge on any atom is -0.481 e. The van der Waals surface area contributed by atoms with Crippen molar-refractivity contribution in [1.82, 2.24) is 10.2 Å². The first-order valence-corrected chi connectivity index (χ1v) is 12.7. The number of aliphatic carboxylic acids is 1. The fourth-order valence-electron chi connectivity index (χ4n) is 4.77. The molecule has 34 heavy (non-hydrogen) atoms. The van der Waals surface area contributed by atoms with E-state index >= 15 is 0 Å². The van der Waals surface area contributed by atoms with Gasteiger partial charge in [-0.2, -0.15) is 11.8 Å². The third kappa shape index (κ3) is 5.06. The highest BCUT2D eigenvalue weighted by molar-refractivity contribution is 7.99. The summed E-state index contributed by atoms with van der Waals surface area (Å²) < 4.78 is 5.63. The van der Waals surface area contributed by atoms with E-state index in [4.69, 9.17) is 4.74 Å². The van der Waals surface area contributed by atoms with Crippen molar-refractivity contribution in [3.05, 3.63) is 59.7 Å². The minimum absolute atomic E-state index is 0.0644. The minimum atomic E-state index is -0.934. The van der Waals surface area contributed by atoms with Gasteiger partial charge in [0.2, 0.25) is 5.91 Å². The van der Waals surface area contributed by atoms with Gasteiger partial charge in [0.1, 0.15) is 12.6 Å². The number of ether oxygens (including phenoxy) is 1. The Morgan fingerprint density at radius 2 is 1.71 bits per heavy atom. The van der Waals surface area contributed by atoms with Gasteiger partial charge in [-0.3, -0.25) is 9.59 Å². The van der Waals surface area contributed by atoms with Crippen LogP contribution in [0.3, 0.4) is 0 Å². The molecule has 2 N–H and O–H groups in total. The lowest BCUT2D eigenvalue weighted by molar-refractivity contribution is -0.141. The summed E-state index contributed by atoms with van der Waals surface area (Å²) in [5, 5.41) is 12.0. The number of fused-ring (bicyclic) bond motifs is 3. The van der Waals surface area contributed by atoms with Gasteiger partial charge < -0.3 is 20.1 Å². The fourth-order valence-corrected chi connectivity index (χ4v) is 5.84. The number of hydrogen-bond acceptors (Lipinski definition) is 5. The maximum atomic E-state index is 13.3. The third-order valence-electron chi connectivity index (χ3n) is 6.47. The SMILES string of the molecule is CC(C)C(NC(=O)OCC1c2ccccc2-c2ccccc21)C(=O)N1CCSCC1CC(=O)O. The Kier molecular flexibility index (Phi) is 7.46. The molecule has 1 aliphatic heterocycles. The monoisotopic (exact) mass is 482 g/mol. The van der Waals surface area contributed by atoms with E-state index in [1.165, 1.54) is 0 Å². The molecule has 7 nitrogen and oxygen atoms in total. The smallest absolute Gasteiger partial charge is 0.407 e. The molecule has 0 bridgehead atoms. The lowest BCUT2D eigenvalue weighted by Gasteiger charge is -2.37. The second-order valence-electron chi connectivity index (χ2n) is 9.05. The predicted molar refractivity (Wildman–Crippen MR) is 132 cm³/mol. The maximum absolute atomic E-state index is 13.3. The van der Waals surface area contributed by atoms with E-state index in [1.54, 1.807) is 16.7 Å². The van der Waals surface area contributed by atoms with E-state index in [1.807, 2.05) is 38.1 Å². The fraction of sp³-hybridized carbons (Fsp3) is 0.423. The highest BCUT2D eigenvalue weighted by atomic mass is 32.2. The molecule has 180 valence electrons. The van der Waals surface area contributed by atoms with E-state index in [-0.39, 0.29) is 36.8 Å². The molecule has 2 atom stereocenters. The van der Waals surface area contributed by atoms with Gasteiger partial charge in [-0.15, -0.1) is 0 Å². The Morgan fingerprint density at radius 3 is 2.29 bits per heavy atom. The molecule has 0 radical (unpaired) electrons. The van der Waals surface area contributed by atoms with Gasteiger partial charge in [0, 0.05) is 24.0 Å². The summed E-state index contributed by atoms with van der Waals surface area (Å²) in [6, 6.07) is 15.1. The number of thioether (sulfide) groups is 1. The van der Waals surface area contributed by atoms with Crippen molar-refractivity contribution in [2.75, 3.05) is 24.7 Å². The molecular weight excluding hydrogens is 452 g/mol. The Bertz CT molecular complexity index is 1030. The molecule has 2 aromatic rings. The van der Waals surface area contributed by atoms with E-state index in [0.29, 0.717) is 12.3 Å². The van der Waals surface area contributed by atoms with E-state index in [9.17, 15) is 19.5 Å². The standard InChI is InChI=1S/C26H30N2O5S/c1-16(2)24(25(31)28-11-12-34-15-17(28)13-23(29)30)27-26(32)33-14-22-20-9-5-3-7-18(20)19-8-4-6-10-21(19)22/h3-10,16-17,22,24H,11-15H2,1-2H3,(H,27,32)(H,29,30). The molecule has 0 saturated carbocycles. The van der Waals surface area contributed by atoms with Gasteiger partial charge in [-0.05, 0) is 28.2 Å². The van der Waals surface area contributed by atoms with Crippen LogP contribution in [0.1, 0.15) is 37.3 Å². The Labute approximate surface area is 203 Å². The van der Waals surface area contributed by atoms with Crippen molar-refractivity contribution < 1.29 is 24.2 Å². The van der Waals surface area contributed by atoms with Gasteiger partial charge in [0.15, 0.2) is 0 Å². The highest BCUT2D eigenvalue weighted by Gasteiger charge is 2.36. The largest absolute Gasteiger partial charge is 0.481 e. The van der Waals surface area contributed by atoms with Crippen LogP contribution in [0.2, 0.25) is 0 Å². The zero-order valence-electron chi connectivity index (χ0n) is 19.4. The van der Waals surface area contributed by atoms with Crippen molar-refractivity contribution >= 4 is 29.7 Å². The number of carboxylic acid groups (broad SMARTS) is 1. The van der Waals surface area contributed by atoms with Gasteiger partial charge in [-0.25, -0.2) is 4.79 Å². The molecule has 2 amide bonds. The predicted octanol–water partition coefficient (Wildman–Crippen LogP) is 3.97. The summed E-state index contributed by atoms with van der Waals surface area (Å²) in [4.78, 5) is 39.0. The number of nitrogens with zero attached hydrogens (tertiary/aromatic N) is 1. The number of carboxylic acids is 1. The molecule has 2 aliphatic rings. The first-order chi connectivity index (χ1) is 16.4. The average molecular weight is 483 g/mol. The molecular formula is C26H30N2O5S. The summed E-state index contributed by atoms with van der Waals surface area (Å²) in [5.74, 6) is -0.102. The van der Waals surface area contributed by atoms with Crippen LogP contribution in [-0.4, -0.2) is 64.7 Å². The molecule has 1 saturated heterocycles. The molecule has 0 aromatic heterocycles. The summed E-state index contributed by atoms with van der Waals surface area (Å²) in [6.45, 7) is 4.35. The lowest BCUT2D eigenvalue weighted by atomic mass is 9.98. The highest BCUT2D eigenvalue weighted by Crippen LogP contribution is 2.44. The number of benzene rings is 2. The second kappa shape index (κ2) is 10.5. The maximum Gasteiger partial charge on any atom is 0.407 e. The summed E-state index contributed by atoms with van der Waals surface area (Å²) >= 11 is 1.64. The van der Waals surface area contributed by atoms with E-state index < -0.39 is 18.1 Å². The van der Waals surface area contributed by atoms with E-state index in [0.717, 1.165) is 28.0 Å². The number of rotatable bonds is 7. The van der Waals surface area contributed by atoms with Gasteiger partial charge >= 0.3 is 12.1 Å². The molecule has 2 unspecified atom stereocenters. The van der Waals surface area contributed by atoms with Crippen LogP contribution in [0.5, 0.6) is 0 Å². The molecule has 4 rings (SSSR count). The molecule has 2 aromatic carbocycles. The number of carbonyl (C=O) groups excluding carboxylic acids is 2. The number of alkyl carbamates (subject to hydrolysis) is 1.